The smallest absolute Gasteiger partial charge is 0.258 e. The highest BCUT2D eigenvalue weighted by atomic mass is 16.5. The monoisotopic (exact) mass is 411 g/mol. The Morgan fingerprint density at radius 3 is 1.87 bits per heavy atom. The molecular formula is C24H33N3O3. The fraction of sp³-hybridized carbons (Fsp3) is 0.458. The number of aromatic nitrogens is 1. The number of pyridine rings is 1. The molecular weight excluding hydrogens is 378 g/mol. The number of ether oxygens (including phenoxy) is 2. The molecule has 0 fully saturated rings. The van der Waals surface area contributed by atoms with Crippen LogP contribution in [-0.2, 0) is 7.05 Å². The molecule has 1 aromatic heterocycles. The minimum Gasteiger partial charge on any atom is -0.494 e. The number of hydrogen-bond acceptors (Lipinski definition) is 5. The molecule has 6 nitrogen and oxygen atoms in total. The van der Waals surface area contributed by atoms with Crippen LogP contribution in [0.15, 0.2) is 41.2 Å². The number of hydrogen-bond donors (Lipinski definition) is 0. The molecule has 30 heavy (non-hydrogen) atoms. The first kappa shape index (κ1) is 22.1. The largest absolute Gasteiger partial charge is 0.494 e. The highest BCUT2D eigenvalue weighted by Crippen LogP contribution is 2.28. The molecule has 0 aliphatic heterocycles. The maximum atomic E-state index is 13.0. The zero-order chi connectivity index (χ0) is 21.7. The molecule has 0 bridgehead atoms. The normalized spacial score (nSPS) is 11.7. The third-order valence-electron chi connectivity index (χ3n) is 5.18. The van der Waals surface area contributed by atoms with E-state index < -0.39 is 0 Å². The molecule has 0 saturated carbocycles. The lowest BCUT2D eigenvalue weighted by Gasteiger charge is -2.14. The van der Waals surface area contributed by atoms with Crippen molar-refractivity contribution < 1.29 is 9.47 Å². The topological polar surface area (TPSA) is 46.9 Å². The molecule has 6 heteroatoms. The van der Waals surface area contributed by atoms with Gasteiger partial charge in [-0.15, -0.1) is 0 Å². The Kier molecular flexibility index (Phi) is 7.34. The van der Waals surface area contributed by atoms with Crippen LogP contribution in [0.4, 0.5) is 0 Å². The number of benzene rings is 2. The summed E-state index contributed by atoms with van der Waals surface area (Å²) in [6.45, 7) is 3.24. The second-order valence-electron chi connectivity index (χ2n) is 8.26. The highest BCUT2D eigenvalue weighted by Gasteiger charge is 2.11. The number of fused-ring (bicyclic) bond motifs is 3. The molecule has 0 N–H and O–H groups in total. The van der Waals surface area contributed by atoms with Crippen LogP contribution in [-0.4, -0.2) is 68.9 Å². The molecule has 0 saturated heterocycles. The van der Waals surface area contributed by atoms with E-state index in [2.05, 4.69) is 23.9 Å². The summed E-state index contributed by atoms with van der Waals surface area (Å²) in [5.74, 6) is 1.52. The van der Waals surface area contributed by atoms with Crippen molar-refractivity contribution >= 4 is 21.7 Å². The van der Waals surface area contributed by atoms with Gasteiger partial charge in [0, 0.05) is 31.6 Å². The molecule has 3 rings (SSSR count). The lowest BCUT2D eigenvalue weighted by Crippen LogP contribution is -2.18. The van der Waals surface area contributed by atoms with E-state index in [1.54, 1.807) is 4.57 Å². The van der Waals surface area contributed by atoms with E-state index in [1.165, 1.54) is 0 Å². The Morgan fingerprint density at radius 1 is 0.767 bits per heavy atom. The van der Waals surface area contributed by atoms with Crippen molar-refractivity contribution in [2.24, 2.45) is 7.05 Å². The van der Waals surface area contributed by atoms with Crippen molar-refractivity contribution in [1.29, 1.82) is 0 Å². The molecule has 0 atom stereocenters. The lowest BCUT2D eigenvalue weighted by atomic mass is 10.1. The van der Waals surface area contributed by atoms with E-state index in [9.17, 15) is 4.79 Å². The fourth-order valence-corrected chi connectivity index (χ4v) is 3.56. The van der Waals surface area contributed by atoms with Crippen molar-refractivity contribution in [1.82, 2.24) is 14.4 Å². The summed E-state index contributed by atoms with van der Waals surface area (Å²) in [5, 5.41) is 2.65. The summed E-state index contributed by atoms with van der Waals surface area (Å²) >= 11 is 0. The third-order valence-corrected chi connectivity index (χ3v) is 5.18. The maximum Gasteiger partial charge on any atom is 0.258 e. The average Bonchev–Trinajstić information content (AvgIpc) is 2.72. The van der Waals surface area contributed by atoms with E-state index in [1.807, 2.05) is 57.5 Å². The minimum absolute atomic E-state index is 0.0269. The van der Waals surface area contributed by atoms with Gasteiger partial charge < -0.3 is 23.8 Å². The molecule has 2 aromatic carbocycles. The number of rotatable bonds is 10. The van der Waals surface area contributed by atoms with Crippen LogP contribution < -0.4 is 15.0 Å². The second-order valence-corrected chi connectivity index (χ2v) is 8.26. The van der Waals surface area contributed by atoms with E-state index in [0.717, 1.165) is 53.7 Å². The molecule has 0 spiro atoms. The molecule has 162 valence electrons. The van der Waals surface area contributed by atoms with Crippen molar-refractivity contribution in [3.8, 4) is 11.5 Å². The van der Waals surface area contributed by atoms with Gasteiger partial charge in [0.2, 0.25) is 0 Å². The Morgan fingerprint density at radius 2 is 1.30 bits per heavy atom. The lowest BCUT2D eigenvalue weighted by molar-refractivity contribution is 0.281. The first-order valence-electron chi connectivity index (χ1n) is 10.5. The SMILES string of the molecule is CN(C)CCCOc1ccc2c(c1)c(=O)n(C)c1cc(OCCCN(C)C)ccc21. The Balaban J connectivity index is 1.84. The summed E-state index contributed by atoms with van der Waals surface area (Å²) in [6, 6.07) is 11.8. The molecule has 0 amide bonds. The van der Waals surface area contributed by atoms with Crippen LogP contribution >= 0.6 is 0 Å². The zero-order valence-corrected chi connectivity index (χ0v) is 18.8. The highest BCUT2D eigenvalue weighted by molar-refractivity contribution is 6.06. The summed E-state index contributed by atoms with van der Waals surface area (Å²) in [5.41, 5.74) is 0.846. The van der Waals surface area contributed by atoms with Gasteiger partial charge in [0.15, 0.2) is 0 Å². The zero-order valence-electron chi connectivity index (χ0n) is 18.8. The van der Waals surface area contributed by atoms with E-state index in [0.29, 0.717) is 18.6 Å². The first-order chi connectivity index (χ1) is 14.4. The number of nitrogens with zero attached hydrogens (tertiary/aromatic N) is 3. The molecule has 3 aromatic rings. The van der Waals surface area contributed by atoms with E-state index in [-0.39, 0.29) is 5.56 Å². The Labute approximate surface area is 178 Å². The molecule has 0 aliphatic rings. The van der Waals surface area contributed by atoms with E-state index >= 15 is 0 Å². The van der Waals surface area contributed by atoms with Crippen molar-refractivity contribution in [3.05, 3.63) is 46.8 Å². The predicted molar refractivity (Wildman–Crippen MR) is 124 cm³/mol. The van der Waals surface area contributed by atoms with Gasteiger partial charge >= 0.3 is 0 Å². The molecule has 0 aliphatic carbocycles. The summed E-state index contributed by atoms with van der Waals surface area (Å²) in [6.07, 6.45) is 1.90. The third kappa shape index (κ3) is 5.32. The standard InChI is InChI=1S/C24H33N3O3/c1-25(2)12-6-14-29-18-8-10-20-21-11-9-19(30-15-7-13-26(3)4)17-23(21)27(5)24(28)22(20)16-18/h8-11,16-17H,6-7,12-15H2,1-5H3. The predicted octanol–water partition coefficient (Wildman–Crippen LogP) is 3.35. The Hall–Kier alpha value is -2.57. The van der Waals surface area contributed by atoms with Gasteiger partial charge in [0.05, 0.1) is 24.1 Å². The summed E-state index contributed by atoms with van der Waals surface area (Å²) < 4.78 is 13.5. The summed E-state index contributed by atoms with van der Waals surface area (Å²) in [4.78, 5) is 17.3. The van der Waals surface area contributed by atoms with Crippen molar-refractivity contribution in [2.45, 2.75) is 12.8 Å². The first-order valence-corrected chi connectivity index (χ1v) is 10.5. The van der Waals surface area contributed by atoms with Crippen LogP contribution in [0.25, 0.3) is 21.7 Å². The van der Waals surface area contributed by atoms with Crippen molar-refractivity contribution in [3.63, 3.8) is 0 Å². The van der Waals surface area contributed by atoms with Gasteiger partial charge in [-0.25, -0.2) is 0 Å². The molecule has 0 radical (unpaired) electrons. The van der Waals surface area contributed by atoms with Crippen LogP contribution in [0.2, 0.25) is 0 Å². The number of aryl methyl sites for hydroxylation is 1. The van der Waals surface area contributed by atoms with Gasteiger partial charge in [-0.05, 0) is 76.8 Å². The fourth-order valence-electron chi connectivity index (χ4n) is 3.56. The van der Waals surface area contributed by atoms with Crippen LogP contribution in [0.1, 0.15) is 12.8 Å². The van der Waals surface area contributed by atoms with E-state index in [4.69, 9.17) is 9.47 Å². The van der Waals surface area contributed by atoms with Gasteiger partial charge in [-0.2, -0.15) is 0 Å². The van der Waals surface area contributed by atoms with Gasteiger partial charge in [0.1, 0.15) is 11.5 Å². The van der Waals surface area contributed by atoms with Crippen LogP contribution in [0.3, 0.4) is 0 Å². The van der Waals surface area contributed by atoms with Gasteiger partial charge in [-0.3, -0.25) is 4.79 Å². The minimum atomic E-state index is -0.0269. The molecule has 0 unspecified atom stereocenters. The van der Waals surface area contributed by atoms with Crippen molar-refractivity contribution in [2.75, 3.05) is 54.5 Å². The average molecular weight is 412 g/mol. The quantitative estimate of drug-likeness (QED) is 0.378. The van der Waals surface area contributed by atoms with Gasteiger partial charge in [-0.1, -0.05) is 0 Å². The second kappa shape index (κ2) is 9.96. The molecule has 1 heterocycles. The Bertz CT molecular complexity index is 1060. The van der Waals surface area contributed by atoms with Crippen LogP contribution in [0, 0.1) is 0 Å². The van der Waals surface area contributed by atoms with Crippen LogP contribution in [0.5, 0.6) is 11.5 Å². The van der Waals surface area contributed by atoms with Gasteiger partial charge in [0.25, 0.3) is 5.56 Å². The maximum absolute atomic E-state index is 13.0. The summed E-state index contributed by atoms with van der Waals surface area (Å²) in [7, 11) is 10.0.